The van der Waals surface area contributed by atoms with Crippen molar-refractivity contribution in [2.75, 3.05) is 37.7 Å². The van der Waals surface area contributed by atoms with E-state index < -0.39 is 0 Å². The molecule has 1 aliphatic heterocycles. The summed E-state index contributed by atoms with van der Waals surface area (Å²) in [6.07, 6.45) is 5.89. The number of oxazole rings is 1. The molecule has 28 heavy (non-hydrogen) atoms. The molecule has 146 valence electrons. The molecule has 5 rings (SSSR count). The number of anilines is 1. The van der Waals surface area contributed by atoms with Crippen molar-refractivity contribution in [1.29, 1.82) is 0 Å². The van der Waals surface area contributed by atoms with E-state index in [1.165, 1.54) is 18.5 Å². The predicted octanol–water partition coefficient (Wildman–Crippen LogP) is 3.04. The van der Waals surface area contributed by atoms with Gasteiger partial charge < -0.3 is 14.1 Å². The third-order valence-electron chi connectivity index (χ3n) is 5.52. The van der Waals surface area contributed by atoms with Crippen molar-refractivity contribution >= 4 is 16.6 Å². The van der Waals surface area contributed by atoms with Gasteiger partial charge in [0.1, 0.15) is 12.6 Å². The van der Waals surface area contributed by atoms with E-state index in [9.17, 15) is 0 Å². The molecule has 0 N–H and O–H groups in total. The normalized spacial score (nSPS) is 18.0. The van der Waals surface area contributed by atoms with Gasteiger partial charge in [0.05, 0.1) is 23.2 Å². The average Bonchev–Trinajstić information content (AvgIpc) is 3.47. The summed E-state index contributed by atoms with van der Waals surface area (Å²) in [5.41, 5.74) is 3.14. The first kappa shape index (κ1) is 17.4. The summed E-state index contributed by atoms with van der Waals surface area (Å²) in [5.74, 6) is 2.14. The maximum atomic E-state index is 5.98. The van der Waals surface area contributed by atoms with E-state index in [-0.39, 0.29) is 0 Å². The Hall–Kier alpha value is -2.67. The monoisotopic (exact) mass is 379 g/mol. The quantitative estimate of drug-likeness (QED) is 0.652. The lowest BCUT2D eigenvalue weighted by Crippen LogP contribution is -2.46. The van der Waals surface area contributed by atoms with E-state index in [0.29, 0.717) is 11.8 Å². The molecule has 1 saturated heterocycles. The maximum Gasteiger partial charge on any atom is 0.224 e. The second kappa shape index (κ2) is 7.39. The van der Waals surface area contributed by atoms with Crippen LogP contribution in [0.5, 0.6) is 5.88 Å². The summed E-state index contributed by atoms with van der Waals surface area (Å²) in [5, 5.41) is 1.00. The molecule has 2 aromatic heterocycles. The van der Waals surface area contributed by atoms with Crippen LogP contribution in [0, 0.1) is 12.8 Å². The van der Waals surface area contributed by atoms with Gasteiger partial charge in [-0.25, -0.2) is 15.0 Å². The van der Waals surface area contributed by atoms with E-state index in [0.717, 1.165) is 61.8 Å². The number of fused-ring (bicyclic) bond motifs is 1. The second-order valence-electron chi connectivity index (χ2n) is 7.76. The highest BCUT2D eigenvalue weighted by Gasteiger charge is 2.23. The Morgan fingerprint density at radius 1 is 1.14 bits per heavy atom. The fourth-order valence-electron chi connectivity index (χ4n) is 3.69. The van der Waals surface area contributed by atoms with Gasteiger partial charge in [-0.05, 0) is 37.0 Å². The third kappa shape index (κ3) is 3.80. The van der Waals surface area contributed by atoms with Crippen molar-refractivity contribution in [1.82, 2.24) is 19.9 Å². The molecular weight excluding hydrogens is 354 g/mol. The van der Waals surface area contributed by atoms with Gasteiger partial charge in [0.15, 0.2) is 5.89 Å². The SMILES string of the molecule is Cc1nc(CN2CCN(c3ccc4ncnc(OCC5CC5)c4c3)CC2)co1. The Morgan fingerprint density at radius 2 is 2.00 bits per heavy atom. The summed E-state index contributed by atoms with van der Waals surface area (Å²) >= 11 is 0. The van der Waals surface area contributed by atoms with Crippen molar-refractivity contribution in [2.45, 2.75) is 26.3 Å². The van der Waals surface area contributed by atoms with Gasteiger partial charge in [-0.3, -0.25) is 4.90 Å². The molecule has 7 heteroatoms. The number of ether oxygens (including phenoxy) is 1. The third-order valence-corrected chi connectivity index (χ3v) is 5.52. The van der Waals surface area contributed by atoms with E-state index in [1.54, 1.807) is 12.6 Å². The molecule has 0 bridgehead atoms. The zero-order valence-electron chi connectivity index (χ0n) is 16.2. The smallest absolute Gasteiger partial charge is 0.224 e. The molecule has 3 aromatic rings. The molecule has 2 fully saturated rings. The molecule has 7 nitrogen and oxygen atoms in total. The summed E-state index contributed by atoms with van der Waals surface area (Å²) in [6.45, 7) is 7.45. The molecule has 1 saturated carbocycles. The van der Waals surface area contributed by atoms with Gasteiger partial charge in [0, 0.05) is 45.3 Å². The minimum atomic E-state index is 0.703. The van der Waals surface area contributed by atoms with Crippen LogP contribution in [0.1, 0.15) is 24.4 Å². The summed E-state index contributed by atoms with van der Waals surface area (Å²) < 4.78 is 11.3. The minimum Gasteiger partial charge on any atom is -0.477 e. The fraction of sp³-hybridized carbons (Fsp3) is 0.476. The first-order chi connectivity index (χ1) is 13.7. The number of nitrogens with zero attached hydrogens (tertiary/aromatic N) is 5. The van der Waals surface area contributed by atoms with Crippen LogP contribution in [0.25, 0.3) is 10.9 Å². The van der Waals surface area contributed by atoms with Crippen LogP contribution in [0.3, 0.4) is 0 Å². The maximum absolute atomic E-state index is 5.98. The van der Waals surface area contributed by atoms with Crippen LogP contribution in [0.2, 0.25) is 0 Å². The highest BCUT2D eigenvalue weighted by Crippen LogP contribution is 2.32. The predicted molar refractivity (Wildman–Crippen MR) is 106 cm³/mol. The molecule has 1 aromatic carbocycles. The zero-order chi connectivity index (χ0) is 18.9. The Morgan fingerprint density at radius 3 is 2.75 bits per heavy atom. The lowest BCUT2D eigenvalue weighted by molar-refractivity contribution is 0.247. The zero-order valence-corrected chi connectivity index (χ0v) is 16.2. The fourth-order valence-corrected chi connectivity index (χ4v) is 3.69. The van der Waals surface area contributed by atoms with Crippen LogP contribution in [0.15, 0.2) is 35.2 Å². The van der Waals surface area contributed by atoms with Crippen molar-refractivity contribution in [2.24, 2.45) is 5.92 Å². The van der Waals surface area contributed by atoms with Crippen LogP contribution < -0.4 is 9.64 Å². The van der Waals surface area contributed by atoms with Crippen LogP contribution in [-0.4, -0.2) is 52.6 Å². The van der Waals surface area contributed by atoms with Gasteiger partial charge in [0.25, 0.3) is 0 Å². The van der Waals surface area contributed by atoms with E-state index in [1.807, 2.05) is 6.92 Å². The number of hydrogen-bond acceptors (Lipinski definition) is 7. The summed E-state index contributed by atoms with van der Waals surface area (Å²) in [7, 11) is 0. The average molecular weight is 379 g/mol. The molecule has 0 unspecified atom stereocenters. The van der Waals surface area contributed by atoms with Crippen molar-refractivity contribution in [3.05, 3.63) is 42.4 Å². The lowest BCUT2D eigenvalue weighted by Gasteiger charge is -2.35. The topological polar surface area (TPSA) is 67.5 Å². The van der Waals surface area contributed by atoms with E-state index >= 15 is 0 Å². The molecule has 0 radical (unpaired) electrons. The van der Waals surface area contributed by atoms with Gasteiger partial charge in [-0.15, -0.1) is 0 Å². The first-order valence-electron chi connectivity index (χ1n) is 10.0. The molecule has 3 heterocycles. The van der Waals surface area contributed by atoms with E-state index in [4.69, 9.17) is 9.15 Å². The Bertz CT molecular complexity index is 960. The number of rotatable bonds is 6. The highest BCUT2D eigenvalue weighted by atomic mass is 16.5. The first-order valence-corrected chi connectivity index (χ1v) is 10.0. The van der Waals surface area contributed by atoms with Gasteiger partial charge in [-0.2, -0.15) is 0 Å². The molecule has 0 amide bonds. The number of aromatic nitrogens is 3. The van der Waals surface area contributed by atoms with Crippen molar-refractivity contribution in [3.63, 3.8) is 0 Å². The second-order valence-corrected chi connectivity index (χ2v) is 7.76. The van der Waals surface area contributed by atoms with Gasteiger partial charge >= 0.3 is 0 Å². The van der Waals surface area contributed by atoms with Crippen molar-refractivity contribution < 1.29 is 9.15 Å². The number of benzene rings is 1. The molecule has 0 atom stereocenters. The highest BCUT2D eigenvalue weighted by molar-refractivity contribution is 5.86. The largest absolute Gasteiger partial charge is 0.477 e. The number of aryl methyl sites for hydroxylation is 1. The molecule has 1 aliphatic carbocycles. The standard InChI is InChI=1S/C21H25N5O2/c1-15-24-17(13-27-15)11-25-6-8-26(9-7-25)18-4-5-20-19(10-18)21(23-14-22-20)28-12-16-2-3-16/h4-5,10,13-14,16H,2-3,6-9,11-12H2,1H3. The van der Waals surface area contributed by atoms with Gasteiger partial charge in [-0.1, -0.05) is 0 Å². The van der Waals surface area contributed by atoms with Crippen LogP contribution >= 0.6 is 0 Å². The number of hydrogen-bond donors (Lipinski definition) is 0. The molecule has 2 aliphatic rings. The number of piperazine rings is 1. The summed E-state index contributed by atoms with van der Waals surface area (Å²) in [4.78, 5) is 18.0. The molecular formula is C21H25N5O2. The van der Waals surface area contributed by atoms with Crippen LogP contribution in [0.4, 0.5) is 5.69 Å². The Balaban J connectivity index is 1.27. The minimum absolute atomic E-state index is 0.703. The van der Waals surface area contributed by atoms with Crippen LogP contribution in [-0.2, 0) is 6.54 Å². The Kier molecular flexibility index (Phi) is 4.60. The summed E-state index contributed by atoms with van der Waals surface area (Å²) in [6, 6.07) is 6.39. The van der Waals surface area contributed by atoms with Crippen molar-refractivity contribution in [3.8, 4) is 5.88 Å². The Labute approximate surface area is 164 Å². The van der Waals surface area contributed by atoms with Gasteiger partial charge in [0.2, 0.25) is 5.88 Å². The molecule has 0 spiro atoms. The van der Waals surface area contributed by atoms with E-state index in [2.05, 4.69) is 43.0 Å². The lowest BCUT2D eigenvalue weighted by atomic mass is 10.2.